The Kier molecular flexibility index (Phi) is 4.15. The van der Waals surface area contributed by atoms with E-state index in [1.807, 2.05) is 24.3 Å². The predicted octanol–water partition coefficient (Wildman–Crippen LogP) is 3.73. The van der Waals surface area contributed by atoms with Gasteiger partial charge in [-0.15, -0.1) is 0 Å². The lowest BCUT2D eigenvalue weighted by atomic mass is 9.98. The summed E-state index contributed by atoms with van der Waals surface area (Å²) in [5.74, 6) is -0.953. The number of carbonyl (C=O) groups excluding carboxylic acids is 1. The van der Waals surface area contributed by atoms with Crippen molar-refractivity contribution in [3.8, 4) is 11.1 Å². The van der Waals surface area contributed by atoms with Crippen LogP contribution in [0.1, 0.15) is 29.9 Å². The molecular formula is C21H21NO4. The molecule has 2 aliphatic carbocycles. The number of carbonyl (C=O) groups is 2. The molecule has 4 rings (SSSR count). The van der Waals surface area contributed by atoms with Crippen molar-refractivity contribution in [2.75, 3.05) is 13.7 Å². The van der Waals surface area contributed by atoms with Crippen molar-refractivity contribution >= 4 is 12.1 Å². The number of likely N-dealkylation sites (N-methyl/N-ethyl adjacent to an activating group) is 1. The number of rotatable bonds is 5. The number of carboxylic acid groups (broad SMARTS) is 1. The van der Waals surface area contributed by atoms with Gasteiger partial charge in [0, 0.05) is 13.0 Å². The molecular weight excluding hydrogens is 330 g/mol. The Balaban J connectivity index is 1.51. The van der Waals surface area contributed by atoms with Gasteiger partial charge in [0.25, 0.3) is 0 Å². The average Bonchev–Trinajstić information content (AvgIpc) is 3.42. The Bertz CT molecular complexity index is 813. The van der Waals surface area contributed by atoms with Gasteiger partial charge in [-0.25, -0.2) is 9.59 Å². The van der Waals surface area contributed by atoms with Crippen LogP contribution in [0.15, 0.2) is 48.5 Å². The number of benzene rings is 2. The molecule has 5 heteroatoms. The van der Waals surface area contributed by atoms with E-state index in [1.165, 1.54) is 23.1 Å². The van der Waals surface area contributed by atoms with Crippen molar-refractivity contribution in [1.29, 1.82) is 0 Å². The topological polar surface area (TPSA) is 66.8 Å². The number of aliphatic carboxylic acids is 1. The number of nitrogens with zero attached hydrogens (tertiary/aromatic N) is 1. The van der Waals surface area contributed by atoms with Crippen LogP contribution in [-0.4, -0.2) is 41.8 Å². The zero-order valence-electron chi connectivity index (χ0n) is 14.6. The van der Waals surface area contributed by atoms with Crippen molar-refractivity contribution < 1.29 is 19.4 Å². The third-order valence-electron chi connectivity index (χ3n) is 5.36. The highest BCUT2D eigenvalue weighted by Crippen LogP contribution is 2.44. The SMILES string of the molecule is CN(C(=O)OCC1c2ccccc2-c2ccccc21)[C@H](C(=O)O)C1CC1. The van der Waals surface area contributed by atoms with Gasteiger partial charge in [0.15, 0.2) is 0 Å². The zero-order chi connectivity index (χ0) is 18.3. The summed E-state index contributed by atoms with van der Waals surface area (Å²) in [7, 11) is 1.51. The third kappa shape index (κ3) is 2.83. The van der Waals surface area contributed by atoms with Crippen molar-refractivity contribution in [3.63, 3.8) is 0 Å². The summed E-state index contributed by atoms with van der Waals surface area (Å²) >= 11 is 0. The first-order chi connectivity index (χ1) is 12.6. The second-order valence-corrected chi connectivity index (χ2v) is 7.04. The highest BCUT2D eigenvalue weighted by Gasteiger charge is 2.41. The number of hydrogen-bond acceptors (Lipinski definition) is 3. The maximum absolute atomic E-state index is 12.4. The first-order valence-electron chi connectivity index (χ1n) is 8.88. The number of hydrogen-bond donors (Lipinski definition) is 1. The maximum Gasteiger partial charge on any atom is 0.410 e. The summed E-state index contributed by atoms with van der Waals surface area (Å²) in [6, 6.07) is 15.5. The largest absolute Gasteiger partial charge is 0.480 e. The van der Waals surface area contributed by atoms with E-state index in [4.69, 9.17) is 4.74 Å². The average molecular weight is 351 g/mol. The Morgan fingerprint density at radius 3 is 2.12 bits per heavy atom. The zero-order valence-corrected chi connectivity index (χ0v) is 14.6. The molecule has 0 bridgehead atoms. The number of ether oxygens (including phenoxy) is 1. The number of amides is 1. The second kappa shape index (κ2) is 6.48. The fourth-order valence-corrected chi connectivity index (χ4v) is 3.90. The lowest BCUT2D eigenvalue weighted by Crippen LogP contribution is -2.44. The van der Waals surface area contributed by atoms with Crippen LogP contribution in [-0.2, 0) is 9.53 Å². The van der Waals surface area contributed by atoms with Gasteiger partial charge in [-0.05, 0) is 41.0 Å². The van der Waals surface area contributed by atoms with Crippen LogP contribution in [0.2, 0.25) is 0 Å². The van der Waals surface area contributed by atoms with Gasteiger partial charge < -0.3 is 9.84 Å². The van der Waals surface area contributed by atoms with Crippen LogP contribution >= 0.6 is 0 Å². The smallest absolute Gasteiger partial charge is 0.410 e. The molecule has 0 unspecified atom stereocenters. The van der Waals surface area contributed by atoms with E-state index >= 15 is 0 Å². The van der Waals surface area contributed by atoms with Crippen molar-refractivity contribution in [2.45, 2.75) is 24.8 Å². The minimum absolute atomic E-state index is 0.0241. The standard InChI is InChI=1S/C21H21NO4/c1-22(19(20(23)24)13-10-11-13)21(25)26-12-18-16-8-4-2-6-14(16)15-7-3-5-9-17(15)18/h2-9,13,18-19H,10-12H2,1H3,(H,23,24)/t19-/m0/s1. The molecule has 26 heavy (non-hydrogen) atoms. The summed E-state index contributed by atoms with van der Waals surface area (Å²) in [6.45, 7) is 0.203. The summed E-state index contributed by atoms with van der Waals surface area (Å²) in [5.41, 5.74) is 4.61. The quantitative estimate of drug-likeness (QED) is 0.891. The van der Waals surface area contributed by atoms with E-state index < -0.39 is 18.1 Å². The molecule has 0 aromatic heterocycles. The molecule has 0 aliphatic heterocycles. The highest BCUT2D eigenvalue weighted by molar-refractivity contribution is 5.81. The summed E-state index contributed by atoms with van der Waals surface area (Å²) < 4.78 is 5.53. The third-order valence-corrected chi connectivity index (χ3v) is 5.36. The lowest BCUT2D eigenvalue weighted by Gasteiger charge is -2.25. The number of fused-ring (bicyclic) bond motifs is 3. The van der Waals surface area contributed by atoms with Gasteiger partial charge in [-0.2, -0.15) is 0 Å². The van der Waals surface area contributed by atoms with E-state index in [-0.39, 0.29) is 18.4 Å². The molecule has 1 fully saturated rings. The lowest BCUT2D eigenvalue weighted by molar-refractivity contribution is -0.143. The van der Waals surface area contributed by atoms with Gasteiger partial charge in [0.2, 0.25) is 0 Å². The molecule has 2 aromatic rings. The van der Waals surface area contributed by atoms with E-state index in [9.17, 15) is 14.7 Å². The molecule has 2 aliphatic rings. The van der Waals surface area contributed by atoms with Crippen LogP contribution in [0.5, 0.6) is 0 Å². The van der Waals surface area contributed by atoms with E-state index in [1.54, 1.807) is 0 Å². The van der Waals surface area contributed by atoms with Crippen LogP contribution in [0.3, 0.4) is 0 Å². The van der Waals surface area contributed by atoms with Crippen LogP contribution in [0.25, 0.3) is 11.1 Å². The van der Waals surface area contributed by atoms with Crippen molar-refractivity contribution in [1.82, 2.24) is 4.90 Å². The molecule has 0 heterocycles. The monoisotopic (exact) mass is 351 g/mol. The van der Waals surface area contributed by atoms with E-state index in [0.717, 1.165) is 24.0 Å². The fraction of sp³-hybridized carbons (Fsp3) is 0.333. The molecule has 1 amide bonds. The molecule has 0 saturated heterocycles. The number of carboxylic acids is 1. The van der Waals surface area contributed by atoms with Crippen LogP contribution < -0.4 is 0 Å². The molecule has 134 valence electrons. The highest BCUT2D eigenvalue weighted by atomic mass is 16.6. The molecule has 1 N–H and O–H groups in total. The van der Waals surface area contributed by atoms with Crippen molar-refractivity contribution in [3.05, 3.63) is 59.7 Å². The Hall–Kier alpha value is -2.82. The van der Waals surface area contributed by atoms with Crippen LogP contribution in [0.4, 0.5) is 4.79 Å². The van der Waals surface area contributed by atoms with E-state index in [2.05, 4.69) is 24.3 Å². The van der Waals surface area contributed by atoms with E-state index in [0.29, 0.717) is 0 Å². The normalized spacial score (nSPS) is 16.5. The van der Waals surface area contributed by atoms with Gasteiger partial charge in [-0.1, -0.05) is 48.5 Å². The Labute approximate surface area is 152 Å². The van der Waals surface area contributed by atoms with Gasteiger partial charge in [0.05, 0.1) is 0 Å². The maximum atomic E-state index is 12.4. The summed E-state index contributed by atoms with van der Waals surface area (Å²) in [6.07, 6.45) is 1.11. The molecule has 0 radical (unpaired) electrons. The molecule has 1 atom stereocenters. The van der Waals surface area contributed by atoms with Crippen molar-refractivity contribution in [2.24, 2.45) is 5.92 Å². The van der Waals surface area contributed by atoms with Gasteiger partial charge >= 0.3 is 12.1 Å². The summed E-state index contributed by atoms with van der Waals surface area (Å²) in [5, 5.41) is 9.39. The Morgan fingerprint density at radius 2 is 1.62 bits per heavy atom. The molecule has 2 aromatic carbocycles. The predicted molar refractivity (Wildman–Crippen MR) is 97.0 cm³/mol. The minimum Gasteiger partial charge on any atom is -0.480 e. The molecule has 0 spiro atoms. The van der Waals surface area contributed by atoms with Gasteiger partial charge in [0.1, 0.15) is 12.6 Å². The first-order valence-corrected chi connectivity index (χ1v) is 8.88. The second-order valence-electron chi connectivity index (χ2n) is 7.04. The van der Waals surface area contributed by atoms with Crippen LogP contribution in [0, 0.1) is 5.92 Å². The van der Waals surface area contributed by atoms with Gasteiger partial charge in [-0.3, -0.25) is 4.90 Å². The minimum atomic E-state index is -0.969. The molecule has 5 nitrogen and oxygen atoms in total. The summed E-state index contributed by atoms with van der Waals surface area (Å²) in [4.78, 5) is 25.1. The Morgan fingerprint density at radius 1 is 1.08 bits per heavy atom. The fourth-order valence-electron chi connectivity index (χ4n) is 3.90. The first kappa shape index (κ1) is 16.6. The molecule has 1 saturated carbocycles.